The van der Waals surface area contributed by atoms with Gasteiger partial charge in [-0.05, 0) is 36.4 Å². The lowest BCUT2D eigenvalue weighted by Crippen LogP contribution is -2.52. The smallest absolute Gasteiger partial charge is 0.337 e. The van der Waals surface area contributed by atoms with E-state index in [1.54, 1.807) is 30.3 Å². The maximum Gasteiger partial charge on any atom is 0.337 e. The Morgan fingerprint density at radius 2 is 1.96 bits per heavy atom. The van der Waals surface area contributed by atoms with Crippen molar-refractivity contribution in [3.63, 3.8) is 0 Å². The van der Waals surface area contributed by atoms with Gasteiger partial charge >= 0.3 is 5.97 Å². The number of esters is 1. The van der Waals surface area contributed by atoms with Crippen LogP contribution in [0.5, 0.6) is 0 Å². The van der Waals surface area contributed by atoms with Crippen molar-refractivity contribution >= 4 is 44.2 Å². The van der Waals surface area contributed by atoms with Crippen LogP contribution in [0.1, 0.15) is 10.4 Å². The molecule has 0 spiro atoms. The predicted molar refractivity (Wildman–Crippen MR) is 102 cm³/mol. The average molecular weight is 385 g/mol. The molecule has 1 aliphatic heterocycles. The Labute approximate surface area is 158 Å². The highest BCUT2D eigenvalue weighted by Gasteiger charge is 2.34. The molecule has 4 rings (SSSR count). The fourth-order valence-electron chi connectivity index (χ4n) is 2.89. The second-order valence-electron chi connectivity index (χ2n) is 6.24. The third-order valence-corrected chi connectivity index (χ3v) is 5.54. The van der Waals surface area contributed by atoms with E-state index in [9.17, 15) is 14.0 Å². The van der Waals surface area contributed by atoms with Crippen molar-refractivity contribution in [2.24, 2.45) is 5.92 Å². The van der Waals surface area contributed by atoms with Crippen molar-refractivity contribution in [1.29, 1.82) is 0 Å². The van der Waals surface area contributed by atoms with Crippen molar-refractivity contribution in [2.75, 3.05) is 30.4 Å². The number of thiazole rings is 1. The number of fused-ring (bicyclic) bond motifs is 1. The minimum Gasteiger partial charge on any atom is -0.465 e. The number of carbonyl (C=O) groups excluding carboxylic acids is 2. The zero-order chi connectivity index (χ0) is 19.0. The minimum absolute atomic E-state index is 0.0932. The quantitative estimate of drug-likeness (QED) is 0.698. The number of ether oxygens (including phenoxy) is 1. The molecule has 0 unspecified atom stereocenters. The highest BCUT2D eigenvalue weighted by atomic mass is 32.1. The first-order valence-electron chi connectivity index (χ1n) is 8.34. The summed E-state index contributed by atoms with van der Waals surface area (Å²) < 4.78 is 19.2. The SMILES string of the molecule is COC(=O)c1ccc(NC(=O)C2CN(c3nc4c(F)cccc4s3)C2)cc1. The van der Waals surface area contributed by atoms with E-state index in [1.807, 2.05) is 11.0 Å². The maximum absolute atomic E-state index is 13.8. The molecule has 1 aromatic heterocycles. The van der Waals surface area contributed by atoms with Gasteiger partial charge in [-0.1, -0.05) is 17.4 Å². The summed E-state index contributed by atoms with van der Waals surface area (Å²) in [7, 11) is 1.32. The lowest BCUT2D eigenvalue weighted by atomic mass is 10.00. The molecule has 6 nitrogen and oxygen atoms in total. The topological polar surface area (TPSA) is 71.5 Å². The standard InChI is InChI=1S/C19H16FN3O3S/c1-26-18(25)11-5-7-13(8-6-11)21-17(24)12-9-23(10-12)19-22-16-14(20)3-2-4-15(16)27-19/h2-8,12H,9-10H2,1H3,(H,21,24). The molecule has 0 saturated carbocycles. The van der Waals surface area contributed by atoms with Crippen LogP contribution >= 0.6 is 11.3 Å². The van der Waals surface area contributed by atoms with E-state index in [2.05, 4.69) is 15.0 Å². The lowest BCUT2D eigenvalue weighted by molar-refractivity contribution is -0.120. The third kappa shape index (κ3) is 3.35. The molecule has 8 heteroatoms. The normalized spacial score (nSPS) is 14.1. The second-order valence-corrected chi connectivity index (χ2v) is 7.25. The Kier molecular flexibility index (Phi) is 4.49. The lowest BCUT2D eigenvalue weighted by Gasteiger charge is -2.37. The van der Waals surface area contributed by atoms with Crippen molar-refractivity contribution in [1.82, 2.24) is 4.98 Å². The fraction of sp³-hybridized carbons (Fsp3) is 0.211. The van der Waals surface area contributed by atoms with Crippen LogP contribution in [0.25, 0.3) is 10.2 Å². The number of halogens is 1. The van der Waals surface area contributed by atoms with Crippen molar-refractivity contribution in [3.8, 4) is 0 Å². The molecular weight excluding hydrogens is 369 g/mol. The summed E-state index contributed by atoms with van der Waals surface area (Å²) in [6.45, 7) is 1.07. The summed E-state index contributed by atoms with van der Waals surface area (Å²) >= 11 is 1.42. The van der Waals surface area contributed by atoms with Gasteiger partial charge in [-0.2, -0.15) is 0 Å². The molecule has 0 radical (unpaired) electrons. The van der Waals surface area contributed by atoms with E-state index in [4.69, 9.17) is 0 Å². The first-order valence-corrected chi connectivity index (χ1v) is 9.16. The molecule has 0 atom stereocenters. The highest BCUT2D eigenvalue weighted by Crippen LogP contribution is 2.34. The van der Waals surface area contributed by atoms with Crippen molar-refractivity contribution < 1.29 is 18.7 Å². The van der Waals surface area contributed by atoms with Crippen molar-refractivity contribution in [3.05, 3.63) is 53.8 Å². The maximum atomic E-state index is 13.8. The summed E-state index contributed by atoms with van der Waals surface area (Å²) in [5, 5.41) is 3.56. The van der Waals surface area contributed by atoms with Crippen LogP contribution in [0.3, 0.4) is 0 Å². The van der Waals surface area contributed by atoms with Crippen LogP contribution < -0.4 is 10.2 Å². The van der Waals surface area contributed by atoms with E-state index < -0.39 is 5.97 Å². The number of rotatable bonds is 4. The molecule has 0 aliphatic carbocycles. The number of methoxy groups -OCH3 is 1. The summed E-state index contributed by atoms with van der Waals surface area (Å²) in [6, 6.07) is 11.4. The summed E-state index contributed by atoms with van der Waals surface area (Å²) in [6.07, 6.45) is 0. The van der Waals surface area contributed by atoms with Crippen LogP contribution in [0.2, 0.25) is 0 Å². The number of hydrogen-bond donors (Lipinski definition) is 1. The number of nitrogens with zero attached hydrogens (tertiary/aromatic N) is 2. The number of amides is 1. The van der Waals surface area contributed by atoms with Gasteiger partial charge in [0.2, 0.25) is 5.91 Å². The van der Waals surface area contributed by atoms with Crippen molar-refractivity contribution in [2.45, 2.75) is 0 Å². The van der Waals surface area contributed by atoms with Gasteiger partial charge in [-0.15, -0.1) is 0 Å². The van der Waals surface area contributed by atoms with Gasteiger partial charge in [-0.25, -0.2) is 14.2 Å². The van der Waals surface area contributed by atoms with E-state index in [0.717, 1.165) is 9.83 Å². The molecule has 1 saturated heterocycles. The van der Waals surface area contributed by atoms with E-state index in [-0.39, 0.29) is 17.6 Å². The van der Waals surface area contributed by atoms with E-state index in [1.165, 1.54) is 24.5 Å². The van der Waals surface area contributed by atoms with Crippen LogP contribution in [-0.4, -0.2) is 37.1 Å². The number of anilines is 2. The summed E-state index contributed by atoms with van der Waals surface area (Å²) in [5.41, 5.74) is 1.41. The molecule has 0 bridgehead atoms. The Hall–Kier alpha value is -3.00. The van der Waals surface area contributed by atoms with Gasteiger partial charge in [0, 0.05) is 18.8 Å². The van der Waals surface area contributed by atoms with Gasteiger partial charge < -0.3 is 15.0 Å². The third-order valence-electron chi connectivity index (χ3n) is 4.45. The number of hydrogen-bond acceptors (Lipinski definition) is 6. The van der Waals surface area contributed by atoms with Crippen LogP contribution in [0, 0.1) is 11.7 Å². The molecule has 2 heterocycles. The zero-order valence-corrected chi connectivity index (χ0v) is 15.3. The molecule has 2 aromatic carbocycles. The first kappa shape index (κ1) is 17.4. The Morgan fingerprint density at radius 3 is 2.63 bits per heavy atom. The first-order chi connectivity index (χ1) is 13.0. The number of aromatic nitrogens is 1. The van der Waals surface area contributed by atoms with Gasteiger partial charge in [0.25, 0.3) is 0 Å². The molecule has 3 aromatic rings. The summed E-state index contributed by atoms with van der Waals surface area (Å²) in [4.78, 5) is 30.1. The molecule has 138 valence electrons. The molecule has 1 amide bonds. The second kappa shape index (κ2) is 6.96. The van der Waals surface area contributed by atoms with Crippen LogP contribution in [0.15, 0.2) is 42.5 Å². The van der Waals surface area contributed by atoms with E-state index in [0.29, 0.717) is 29.9 Å². The number of carbonyl (C=O) groups is 2. The Morgan fingerprint density at radius 1 is 1.22 bits per heavy atom. The monoisotopic (exact) mass is 385 g/mol. The van der Waals surface area contributed by atoms with E-state index >= 15 is 0 Å². The predicted octanol–water partition coefficient (Wildman–Crippen LogP) is 3.30. The van der Waals surface area contributed by atoms with Crippen LogP contribution in [0.4, 0.5) is 15.2 Å². The zero-order valence-electron chi connectivity index (χ0n) is 14.4. The van der Waals surface area contributed by atoms with Gasteiger partial charge in [0.1, 0.15) is 11.3 Å². The highest BCUT2D eigenvalue weighted by molar-refractivity contribution is 7.22. The molecular formula is C19H16FN3O3S. The van der Waals surface area contributed by atoms with Gasteiger partial charge in [0.05, 0.1) is 23.3 Å². The van der Waals surface area contributed by atoms with Gasteiger partial charge in [-0.3, -0.25) is 4.79 Å². The largest absolute Gasteiger partial charge is 0.465 e. The average Bonchev–Trinajstić information content (AvgIpc) is 3.05. The number of nitrogens with one attached hydrogen (secondary N) is 1. The Balaban J connectivity index is 1.36. The fourth-order valence-corrected chi connectivity index (χ4v) is 3.89. The molecule has 27 heavy (non-hydrogen) atoms. The van der Waals surface area contributed by atoms with Crippen LogP contribution in [-0.2, 0) is 9.53 Å². The Bertz CT molecular complexity index is 1010. The minimum atomic E-state index is -0.421. The number of para-hydroxylation sites is 1. The van der Waals surface area contributed by atoms with Gasteiger partial charge in [0.15, 0.2) is 5.13 Å². The molecule has 1 fully saturated rings. The number of benzene rings is 2. The molecule has 1 aliphatic rings. The molecule has 1 N–H and O–H groups in total. The summed E-state index contributed by atoms with van der Waals surface area (Å²) in [5.74, 6) is -1.01.